The first kappa shape index (κ1) is 17.7. The molecule has 116 valence electrons. The molecule has 0 saturated carbocycles. The van der Waals surface area contributed by atoms with E-state index in [9.17, 15) is 5.11 Å². The van der Waals surface area contributed by atoms with Gasteiger partial charge in [0.05, 0.1) is 19.3 Å². The van der Waals surface area contributed by atoms with Crippen molar-refractivity contribution in [2.75, 3.05) is 13.2 Å². The first-order valence-corrected chi connectivity index (χ1v) is 7.48. The Labute approximate surface area is 127 Å². The number of ether oxygens (including phenoxy) is 1. The van der Waals surface area contributed by atoms with Crippen LogP contribution in [0.2, 0.25) is 0 Å². The van der Waals surface area contributed by atoms with E-state index in [0.717, 1.165) is 11.1 Å². The Morgan fingerprint density at radius 1 is 1.29 bits per heavy atom. The second-order valence-corrected chi connectivity index (χ2v) is 5.39. The molecule has 0 spiro atoms. The lowest BCUT2D eigenvalue weighted by molar-refractivity contribution is 0.0301. The van der Waals surface area contributed by atoms with Crippen LogP contribution in [0.3, 0.4) is 0 Å². The van der Waals surface area contributed by atoms with Crippen LogP contribution in [0.4, 0.5) is 0 Å². The molecule has 0 aliphatic rings. The molecular formula is C18H26O3. The molecule has 3 nitrogen and oxygen atoms in total. The molecule has 0 fully saturated rings. The highest BCUT2D eigenvalue weighted by molar-refractivity contribution is 5.13. The summed E-state index contributed by atoms with van der Waals surface area (Å²) >= 11 is 0. The van der Waals surface area contributed by atoms with Crippen LogP contribution in [0.5, 0.6) is 0 Å². The summed E-state index contributed by atoms with van der Waals surface area (Å²) < 4.78 is 5.49. The van der Waals surface area contributed by atoms with Gasteiger partial charge in [-0.1, -0.05) is 44.2 Å². The van der Waals surface area contributed by atoms with Crippen LogP contribution in [0.25, 0.3) is 0 Å². The summed E-state index contributed by atoms with van der Waals surface area (Å²) in [6.07, 6.45) is 2.45. The van der Waals surface area contributed by atoms with E-state index in [-0.39, 0.29) is 6.61 Å². The van der Waals surface area contributed by atoms with Crippen LogP contribution in [0, 0.1) is 5.92 Å². The van der Waals surface area contributed by atoms with Crippen molar-refractivity contribution in [3.05, 3.63) is 53.3 Å². The average Bonchev–Trinajstić information content (AvgIpc) is 2.47. The topological polar surface area (TPSA) is 49.7 Å². The van der Waals surface area contributed by atoms with Gasteiger partial charge in [0.15, 0.2) is 0 Å². The SMILES string of the molecule is CC(C)C(=C=CCC(O)COCc1ccccc1)CCO. The molecule has 1 aromatic carbocycles. The summed E-state index contributed by atoms with van der Waals surface area (Å²) in [5.74, 6) is 0.361. The van der Waals surface area contributed by atoms with Crippen molar-refractivity contribution in [1.82, 2.24) is 0 Å². The maximum absolute atomic E-state index is 9.85. The minimum Gasteiger partial charge on any atom is -0.396 e. The van der Waals surface area contributed by atoms with E-state index < -0.39 is 6.10 Å². The van der Waals surface area contributed by atoms with E-state index in [0.29, 0.717) is 32.0 Å². The maximum Gasteiger partial charge on any atom is 0.0814 e. The van der Waals surface area contributed by atoms with Gasteiger partial charge in [0.25, 0.3) is 0 Å². The maximum atomic E-state index is 9.85. The van der Waals surface area contributed by atoms with Crippen molar-refractivity contribution >= 4 is 0 Å². The third kappa shape index (κ3) is 7.84. The number of hydrogen-bond donors (Lipinski definition) is 2. The fourth-order valence-corrected chi connectivity index (χ4v) is 1.93. The molecule has 0 aromatic heterocycles. The normalized spacial score (nSPS) is 12.0. The molecule has 0 radical (unpaired) electrons. The quantitative estimate of drug-likeness (QED) is 0.687. The van der Waals surface area contributed by atoms with E-state index in [1.54, 1.807) is 0 Å². The van der Waals surface area contributed by atoms with Crippen LogP contribution in [0.1, 0.15) is 32.3 Å². The molecule has 1 aromatic rings. The largest absolute Gasteiger partial charge is 0.396 e. The lowest BCUT2D eigenvalue weighted by Gasteiger charge is -2.09. The van der Waals surface area contributed by atoms with E-state index in [4.69, 9.17) is 9.84 Å². The van der Waals surface area contributed by atoms with Gasteiger partial charge in [-0.3, -0.25) is 0 Å². The molecule has 0 amide bonds. The Kier molecular flexibility index (Phi) is 8.72. The van der Waals surface area contributed by atoms with Crippen molar-refractivity contribution in [3.63, 3.8) is 0 Å². The third-order valence-electron chi connectivity index (χ3n) is 3.18. The lowest BCUT2D eigenvalue weighted by Crippen LogP contribution is -2.14. The van der Waals surface area contributed by atoms with Gasteiger partial charge in [-0.05, 0) is 29.6 Å². The summed E-state index contributed by atoms with van der Waals surface area (Å²) in [6.45, 7) is 5.11. The second kappa shape index (κ2) is 10.4. The number of benzene rings is 1. The van der Waals surface area contributed by atoms with Gasteiger partial charge in [0, 0.05) is 13.0 Å². The smallest absolute Gasteiger partial charge is 0.0814 e. The van der Waals surface area contributed by atoms with E-state index in [1.807, 2.05) is 36.4 Å². The molecule has 0 saturated heterocycles. The third-order valence-corrected chi connectivity index (χ3v) is 3.18. The van der Waals surface area contributed by atoms with Crippen LogP contribution < -0.4 is 0 Å². The Bertz CT molecular complexity index is 445. The van der Waals surface area contributed by atoms with Crippen molar-refractivity contribution in [2.45, 2.75) is 39.4 Å². The summed E-state index contributed by atoms with van der Waals surface area (Å²) in [4.78, 5) is 0. The first-order valence-electron chi connectivity index (χ1n) is 7.48. The van der Waals surface area contributed by atoms with Crippen molar-refractivity contribution in [1.29, 1.82) is 0 Å². The summed E-state index contributed by atoms with van der Waals surface area (Å²) in [5, 5.41) is 18.8. The van der Waals surface area contributed by atoms with Crippen molar-refractivity contribution in [3.8, 4) is 0 Å². The fraction of sp³-hybridized carbons (Fsp3) is 0.500. The minimum atomic E-state index is -0.524. The molecule has 3 heteroatoms. The molecule has 1 atom stereocenters. The summed E-state index contributed by atoms with van der Waals surface area (Å²) in [6, 6.07) is 9.90. The Morgan fingerprint density at radius 3 is 2.62 bits per heavy atom. The highest BCUT2D eigenvalue weighted by Crippen LogP contribution is 2.11. The minimum absolute atomic E-state index is 0.136. The molecule has 21 heavy (non-hydrogen) atoms. The number of aliphatic hydroxyl groups excluding tert-OH is 2. The zero-order valence-electron chi connectivity index (χ0n) is 13.0. The number of rotatable bonds is 9. The van der Waals surface area contributed by atoms with Gasteiger partial charge in [-0.2, -0.15) is 0 Å². The monoisotopic (exact) mass is 290 g/mol. The number of hydrogen-bond acceptors (Lipinski definition) is 3. The highest BCUT2D eigenvalue weighted by atomic mass is 16.5. The molecular weight excluding hydrogens is 264 g/mol. The molecule has 0 heterocycles. The number of aliphatic hydroxyl groups is 2. The zero-order chi connectivity index (χ0) is 15.5. The first-order chi connectivity index (χ1) is 10.1. The Morgan fingerprint density at radius 2 is 2.00 bits per heavy atom. The standard InChI is InChI=1S/C18H26O3/c1-15(2)17(11-12-19)9-6-10-18(20)14-21-13-16-7-4-3-5-8-16/h3-8,15,18-20H,10-14H2,1-2H3. The van der Waals surface area contributed by atoms with Crippen molar-refractivity contribution in [2.24, 2.45) is 5.92 Å². The van der Waals surface area contributed by atoms with Crippen LogP contribution in [-0.2, 0) is 11.3 Å². The Hall–Kier alpha value is -1.38. The fourth-order valence-electron chi connectivity index (χ4n) is 1.93. The molecule has 0 aliphatic carbocycles. The molecule has 0 bridgehead atoms. The summed E-state index contributed by atoms with van der Waals surface area (Å²) in [7, 11) is 0. The Balaban J connectivity index is 2.33. The van der Waals surface area contributed by atoms with Gasteiger partial charge >= 0.3 is 0 Å². The van der Waals surface area contributed by atoms with Crippen LogP contribution in [0.15, 0.2) is 47.7 Å². The highest BCUT2D eigenvalue weighted by Gasteiger charge is 2.03. The van der Waals surface area contributed by atoms with Gasteiger partial charge in [-0.25, -0.2) is 0 Å². The molecule has 2 N–H and O–H groups in total. The van der Waals surface area contributed by atoms with Gasteiger partial charge < -0.3 is 14.9 Å². The lowest BCUT2D eigenvalue weighted by atomic mass is 10.0. The predicted molar refractivity (Wildman–Crippen MR) is 84.9 cm³/mol. The van der Waals surface area contributed by atoms with Gasteiger partial charge in [-0.15, -0.1) is 5.73 Å². The molecule has 0 aliphatic heterocycles. The van der Waals surface area contributed by atoms with E-state index >= 15 is 0 Å². The zero-order valence-corrected chi connectivity index (χ0v) is 13.0. The predicted octanol–water partition coefficient (Wildman–Crippen LogP) is 3.07. The van der Waals surface area contributed by atoms with Crippen LogP contribution >= 0.6 is 0 Å². The van der Waals surface area contributed by atoms with Gasteiger partial charge in [0.2, 0.25) is 0 Å². The van der Waals surface area contributed by atoms with Crippen molar-refractivity contribution < 1.29 is 14.9 Å². The van der Waals surface area contributed by atoms with Gasteiger partial charge in [0.1, 0.15) is 0 Å². The molecule has 1 rings (SSSR count). The summed E-state index contributed by atoms with van der Waals surface area (Å²) in [5.41, 5.74) is 5.36. The van der Waals surface area contributed by atoms with E-state index in [2.05, 4.69) is 19.6 Å². The average molecular weight is 290 g/mol. The molecule has 1 unspecified atom stereocenters. The second-order valence-electron chi connectivity index (χ2n) is 5.39. The van der Waals surface area contributed by atoms with E-state index in [1.165, 1.54) is 0 Å². The van der Waals surface area contributed by atoms with Crippen LogP contribution in [-0.4, -0.2) is 29.5 Å².